The van der Waals surface area contributed by atoms with Crippen molar-refractivity contribution in [2.24, 2.45) is 0 Å². The fraction of sp³-hybridized carbons (Fsp3) is 0.625. The maximum Gasteiger partial charge on any atom is 0.198 e. The number of rotatable bonds is 5. The monoisotopic (exact) mass is 125 g/mol. The fourth-order valence-corrected chi connectivity index (χ4v) is 0.626. The minimum atomic E-state index is 0.595. The molecule has 0 atom stereocenters. The van der Waals surface area contributed by atoms with Crippen LogP contribution in [0.3, 0.4) is 0 Å². The molecule has 1 nitrogen and oxygen atoms in total. The highest BCUT2D eigenvalue weighted by Crippen LogP contribution is 1.97. The van der Waals surface area contributed by atoms with E-state index in [-0.39, 0.29) is 0 Å². The van der Waals surface area contributed by atoms with E-state index >= 15 is 0 Å². The third-order valence-corrected chi connectivity index (χ3v) is 1.14. The van der Waals surface area contributed by atoms with Crippen LogP contribution in [0, 0.1) is 0 Å². The van der Waals surface area contributed by atoms with Gasteiger partial charge in [0.05, 0.1) is 0 Å². The molecule has 0 fully saturated rings. The summed E-state index contributed by atoms with van der Waals surface area (Å²) in [7, 11) is 0. The van der Waals surface area contributed by atoms with E-state index in [0.29, 0.717) is 6.42 Å². The maximum atomic E-state index is 9.69. The Morgan fingerprint density at radius 3 is 2.78 bits per heavy atom. The smallest absolute Gasteiger partial charge is 0.198 e. The van der Waals surface area contributed by atoms with Crippen molar-refractivity contribution < 1.29 is 4.79 Å². The molecule has 51 valence electrons. The number of hydrogen-bond donors (Lipinski definition) is 0. The Hall–Kier alpha value is -0.590. The molecule has 1 radical (unpaired) electrons. The lowest BCUT2D eigenvalue weighted by Gasteiger charge is -1.87. The molecule has 0 aliphatic heterocycles. The van der Waals surface area contributed by atoms with Gasteiger partial charge in [0.1, 0.15) is 0 Å². The SMILES string of the molecule is C/C=C/CCCC[C]=O. The van der Waals surface area contributed by atoms with Gasteiger partial charge in [-0.3, -0.25) is 4.79 Å². The van der Waals surface area contributed by atoms with Crippen LogP contribution in [-0.4, -0.2) is 6.29 Å². The van der Waals surface area contributed by atoms with Crippen LogP contribution in [0.1, 0.15) is 32.6 Å². The van der Waals surface area contributed by atoms with E-state index in [1.807, 2.05) is 19.3 Å². The van der Waals surface area contributed by atoms with Crippen molar-refractivity contribution in [3.63, 3.8) is 0 Å². The molecule has 0 rings (SSSR count). The van der Waals surface area contributed by atoms with Gasteiger partial charge in [-0.25, -0.2) is 0 Å². The van der Waals surface area contributed by atoms with E-state index in [0.717, 1.165) is 19.3 Å². The van der Waals surface area contributed by atoms with Gasteiger partial charge in [0.2, 0.25) is 0 Å². The molecule has 0 N–H and O–H groups in total. The van der Waals surface area contributed by atoms with E-state index in [4.69, 9.17) is 0 Å². The molecule has 0 saturated heterocycles. The lowest BCUT2D eigenvalue weighted by Crippen LogP contribution is -1.75. The van der Waals surface area contributed by atoms with E-state index in [9.17, 15) is 4.79 Å². The van der Waals surface area contributed by atoms with Crippen molar-refractivity contribution in [1.29, 1.82) is 0 Å². The predicted octanol–water partition coefficient (Wildman–Crippen LogP) is 2.23. The summed E-state index contributed by atoms with van der Waals surface area (Å²) in [6, 6.07) is 0. The summed E-state index contributed by atoms with van der Waals surface area (Å²) in [4.78, 5) is 9.69. The first kappa shape index (κ1) is 8.41. The third kappa shape index (κ3) is 7.41. The summed E-state index contributed by atoms with van der Waals surface area (Å²) < 4.78 is 0. The summed E-state index contributed by atoms with van der Waals surface area (Å²) >= 11 is 0. The molecule has 0 aromatic rings. The molecule has 0 saturated carbocycles. The summed E-state index contributed by atoms with van der Waals surface area (Å²) in [6.45, 7) is 2.01. The second kappa shape index (κ2) is 7.41. The molecular weight excluding hydrogens is 112 g/mol. The highest BCUT2D eigenvalue weighted by atomic mass is 16.1. The molecule has 1 heteroatoms. The molecule has 0 aromatic heterocycles. The van der Waals surface area contributed by atoms with Crippen molar-refractivity contribution in [3.05, 3.63) is 12.2 Å². The summed E-state index contributed by atoms with van der Waals surface area (Å²) in [5, 5.41) is 0. The van der Waals surface area contributed by atoms with Gasteiger partial charge in [-0.2, -0.15) is 0 Å². The lowest BCUT2D eigenvalue weighted by molar-refractivity contribution is 0.547. The van der Waals surface area contributed by atoms with Gasteiger partial charge in [-0.15, -0.1) is 0 Å². The van der Waals surface area contributed by atoms with Crippen molar-refractivity contribution in [2.75, 3.05) is 0 Å². The van der Waals surface area contributed by atoms with Gasteiger partial charge in [-0.05, 0) is 26.2 Å². The van der Waals surface area contributed by atoms with E-state index < -0.39 is 0 Å². The lowest BCUT2D eigenvalue weighted by atomic mass is 10.2. The Morgan fingerprint density at radius 2 is 2.22 bits per heavy atom. The summed E-state index contributed by atoms with van der Waals surface area (Å²) in [6.07, 6.45) is 9.80. The van der Waals surface area contributed by atoms with Gasteiger partial charge < -0.3 is 0 Å². The van der Waals surface area contributed by atoms with E-state index in [1.165, 1.54) is 0 Å². The minimum Gasteiger partial charge on any atom is -0.291 e. The zero-order valence-electron chi connectivity index (χ0n) is 5.89. The Bertz CT molecular complexity index is 84.6. The van der Waals surface area contributed by atoms with Crippen LogP contribution in [-0.2, 0) is 4.79 Å². The largest absolute Gasteiger partial charge is 0.291 e. The van der Waals surface area contributed by atoms with Gasteiger partial charge in [0.25, 0.3) is 0 Å². The molecule has 0 amide bonds. The van der Waals surface area contributed by atoms with Crippen LogP contribution in [0.15, 0.2) is 12.2 Å². The number of carbonyl (C=O) groups excluding carboxylic acids is 1. The highest BCUT2D eigenvalue weighted by Gasteiger charge is 1.83. The molecule has 0 aromatic carbocycles. The molecule has 0 aliphatic carbocycles. The van der Waals surface area contributed by atoms with Crippen LogP contribution in [0.2, 0.25) is 0 Å². The second-order valence-electron chi connectivity index (χ2n) is 1.96. The van der Waals surface area contributed by atoms with E-state index in [1.54, 1.807) is 0 Å². The van der Waals surface area contributed by atoms with Gasteiger partial charge in [0, 0.05) is 6.42 Å². The Morgan fingerprint density at radius 1 is 1.44 bits per heavy atom. The standard InChI is InChI=1S/C8H13O/c1-2-3-4-5-6-7-8-9/h2-3H,4-7H2,1H3/b3-2+. The van der Waals surface area contributed by atoms with Crippen LogP contribution in [0.5, 0.6) is 0 Å². The number of unbranched alkanes of at least 4 members (excludes halogenated alkanes) is 3. The van der Waals surface area contributed by atoms with Crippen molar-refractivity contribution in [3.8, 4) is 0 Å². The van der Waals surface area contributed by atoms with Gasteiger partial charge in [0.15, 0.2) is 6.29 Å². The average Bonchev–Trinajstić information content (AvgIpc) is 1.89. The Labute approximate surface area is 56.8 Å². The molecule has 0 spiro atoms. The second-order valence-corrected chi connectivity index (χ2v) is 1.96. The fourth-order valence-electron chi connectivity index (χ4n) is 0.626. The first-order valence-electron chi connectivity index (χ1n) is 3.38. The van der Waals surface area contributed by atoms with Crippen molar-refractivity contribution >= 4 is 6.29 Å². The zero-order chi connectivity index (χ0) is 6.95. The van der Waals surface area contributed by atoms with Gasteiger partial charge in [-0.1, -0.05) is 12.2 Å². The normalized spacial score (nSPS) is 10.3. The van der Waals surface area contributed by atoms with Gasteiger partial charge >= 0.3 is 0 Å². The van der Waals surface area contributed by atoms with Crippen LogP contribution < -0.4 is 0 Å². The number of allylic oxidation sites excluding steroid dienone is 2. The van der Waals surface area contributed by atoms with Crippen molar-refractivity contribution in [1.82, 2.24) is 0 Å². The number of hydrogen-bond acceptors (Lipinski definition) is 1. The van der Waals surface area contributed by atoms with Crippen LogP contribution in [0.25, 0.3) is 0 Å². The van der Waals surface area contributed by atoms with Crippen LogP contribution in [0.4, 0.5) is 0 Å². The quantitative estimate of drug-likeness (QED) is 0.407. The molecular formula is C8H13O. The predicted molar refractivity (Wildman–Crippen MR) is 39.0 cm³/mol. The Kier molecular flexibility index (Phi) is 6.92. The average molecular weight is 125 g/mol. The van der Waals surface area contributed by atoms with Crippen LogP contribution >= 0.6 is 0 Å². The molecule has 0 bridgehead atoms. The molecule has 0 unspecified atom stereocenters. The molecule has 0 aliphatic rings. The topological polar surface area (TPSA) is 17.1 Å². The first-order chi connectivity index (χ1) is 4.41. The molecule has 0 heterocycles. The molecule has 9 heavy (non-hydrogen) atoms. The summed E-state index contributed by atoms with van der Waals surface area (Å²) in [5.74, 6) is 0. The minimum absolute atomic E-state index is 0.595. The summed E-state index contributed by atoms with van der Waals surface area (Å²) in [5.41, 5.74) is 0. The Balaban J connectivity index is 2.82. The first-order valence-corrected chi connectivity index (χ1v) is 3.38. The van der Waals surface area contributed by atoms with Crippen molar-refractivity contribution in [2.45, 2.75) is 32.6 Å². The zero-order valence-corrected chi connectivity index (χ0v) is 5.89. The maximum absolute atomic E-state index is 9.69. The van der Waals surface area contributed by atoms with E-state index in [2.05, 4.69) is 6.08 Å². The highest BCUT2D eigenvalue weighted by molar-refractivity contribution is 5.50. The third-order valence-electron chi connectivity index (χ3n) is 1.14.